The molecule has 0 amide bonds. The molecule has 1 aromatic carbocycles. The highest BCUT2D eigenvalue weighted by molar-refractivity contribution is 7.09. The number of aromatic nitrogens is 2. The number of fused-ring (bicyclic) bond motifs is 1. The standard InChI is InChI=1S/C28H37N5OS/c1-34-25-10-9-21-6-4-12-29-26(21)27(25)33-16-5-15-32(18-19-33)24(11-17-31-13-2-3-14-31)23-20-35-28(30-23)22-7-8-22/h4,6,9-10,12,20,22,24H,2-3,5,7-8,11,13-19H2,1H3. The molecule has 6 rings (SSSR count). The quantitative estimate of drug-likeness (QED) is 0.425. The first-order chi connectivity index (χ1) is 17.3. The number of ether oxygens (including phenoxy) is 1. The van der Waals surface area contributed by atoms with Crippen LogP contribution in [0.2, 0.25) is 0 Å². The van der Waals surface area contributed by atoms with Crippen molar-refractivity contribution in [3.05, 3.63) is 46.5 Å². The molecule has 0 radical (unpaired) electrons. The number of methoxy groups -OCH3 is 1. The van der Waals surface area contributed by atoms with Crippen LogP contribution in [-0.4, -0.2) is 72.7 Å². The molecule has 1 atom stereocenters. The molecule has 3 aliphatic rings. The van der Waals surface area contributed by atoms with Crippen LogP contribution in [0.5, 0.6) is 5.75 Å². The molecule has 2 aliphatic heterocycles. The minimum atomic E-state index is 0.409. The fourth-order valence-electron chi connectivity index (χ4n) is 5.85. The first-order valence-electron chi connectivity index (χ1n) is 13.4. The van der Waals surface area contributed by atoms with Gasteiger partial charge in [0, 0.05) is 55.6 Å². The number of nitrogens with zero attached hydrogens (tertiary/aromatic N) is 5. The monoisotopic (exact) mass is 491 g/mol. The third-order valence-electron chi connectivity index (χ3n) is 7.94. The summed E-state index contributed by atoms with van der Waals surface area (Å²) in [4.78, 5) is 17.8. The lowest BCUT2D eigenvalue weighted by molar-refractivity contribution is 0.178. The number of anilines is 1. The van der Waals surface area contributed by atoms with Crippen LogP contribution < -0.4 is 9.64 Å². The summed E-state index contributed by atoms with van der Waals surface area (Å²) in [6.45, 7) is 7.85. The van der Waals surface area contributed by atoms with Gasteiger partial charge in [-0.2, -0.15) is 0 Å². The van der Waals surface area contributed by atoms with Gasteiger partial charge in [0.05, 0.1) is 29.4 Å². The van der Waals surface area contributed by atoms with Crippen LogP contribution in [0.3, 0.4) is 0 Å². The predicted molar refractivity (Wildman–Crippen MR) is 144 cm³/mol. The first-order valence-corrected chi connectivity index (χ1v) is 14.3. The van der Waals surface area contributed by atoms with E-state index in [1.54, 1.807) is 7.11 Å². The normalized spacial score (nSPS) is 20.9. The molecule has 186 valence electrons. The maximum Gasteiger partial charge on any atom is 0.144 e. The number of hydrogen-bond acceptors (Lipinski definition) is 7. The molecule has 0 bridgehead atoms. The summed E-state index contributed by atoms with van der Waals surface area (Å²) in [6.07, 6.45) is 9.55. The van der Waals surface area contributed by atoms with Gasteiger partial charge in [0.1, 0.15) is 11.4 Å². The van der Waals surface area contributed by atoms with Crippen LogP contribution in [0.1, 0.15) is 61.2 Å². The van der Waals surface area contributed by atoms with E-state index in [-0.39, 0.29) is 0 Å². The second kappa shape index (κ2) is 10.4. The summed E-state index contributed by atoms with van der Waals surface area (Å²) in [6, 6.07) is 8.77. The van der Waals surface area contributed by atoms with Crippen LogP contribution in [0.25, 0.3) is 10.9 Å². The average molecular weight is 492 g/mol. The smallest absolute Gasteiger partial charge is 0.144 e. The first kappa shape index (κ1) is 23.2. The second-order valence-corrected chi connectivity index (χ2v) is 11.2. The highest BCUT2D eigenvalue weighted by atomic mass is 32.1. The number of rotatable bonds is 8. The molecular weight excluding hydrogens is 454 g/mol. The largest absolute Gasteiger partial charge is 0.494 e. The van der Waals surface area contributed by atoms with Crippen LogP contribution in [-0.2, 0) is 0 Å². The van der Waals surface area contributed by atoms with Crippen molar-refractivity contribution in [2.45, 2.75) is 50.5 Å². The summed E-state index contributed by atoms with van der Waals surface area (Å²) in [5.41, 5.74) is 3.50. The van der Waals surface area contributed by atoms with Crippen molar-refractivity contribution in [1.82, 2.24) is 19.8 Å². The Bertz CT molecular complexity index is 1140. The van der Waals surface area contributed by atoms with Gasteiger partial charge in [-0.15, -0.1) is 11.3 Å². The highest BCUT2D eigenvalue weighted by Gasteiger charge is 2.31. The van der Waals surface area contributed by atoms with E-state index in [1.807, 2.05) is 23.6 Å². The molecule has 0 N–H and O–H groups in total. The summed E-state index contributed by atoms with van der Waals surface area (Å²) in [7, 11) is 1.77. The predicted octanol–water partition coefficient (Wildman–Crippen LogP) is 5.32. The van der Waals surface area contributed by atoms with E-state index in [0.717, 1.165) is 55.5 Å². The zero-order valence-corrected chi connectivity index (χ0v) is 21.7. The van der Waals surface area contributed by atoms with E-state index in [4.69, 9.17) is 14.7 Å². The van der Waals surface area contributed by atoms with Crippen molar-refractivity contribution in [2.75, 3.05) is 57.8 Å². The van der Waals surface area contributed by atoms with Crippen LogP contribution >= 0.6 is 11.3 Å². The van der Waals surface area contributed by atoms with Crippen molar-refractivity contribution in [2.24, 2.45) is 0 Å². The highest BCUT2D eigenvalue weighted by Crippen LogP contribution is 2.43. The number of likely N-dealkylation sites (tertiary alicyclic amines) is 1. The molecular formula is C28H37N5OS. The molecule has 1 aliphatic carbocycles. The van der Waals surface area contributed by atoms with Crippen LogP contribution in [0.15, 0.2) is 35.8 Å². The van der Waals surface area contributed by atoms with E-state index in [2.05, 4.69) is 38.3 Å². The number of pyridine rings is 1. The molecule has 1 unspecified atom stereocenters. The van der Waals surface area contributed by atoms with E-state index in [9.17, 15) is 0 Å². The summed E-state index contributed by atoms with van der Waals surface area (Å²) >= 11 is 1.89. The van der Waals surface area contributed by atoms with Gasteiger partial charge in [-0.3, -0.25) is 9.88 Å². The Morgan fingerprint density at radius 2 is 1.91 bits per heavy atom. The molecule has 1 saturated carbocycles. The number of hydrogen-bond donors (Lipinski definition) is 0. The molecule has 4 heterocycles. The van der Waals surface area contributed by atoms with Gasteiger partial charge in [-0.25, -0.2) is 4.98 Å². The van der Waals surface area contributed by atoms with Gasteiger partial charge < -0.3 is 14.5 Å². The van der Waals surface area contributed by atoms with Crippen molar-refractivity contribution in [3.63, 3.8) is 0 Å². The molecule has 35 heavy (non-hydrogen) atoms. The van der Waals surface area contributed by atoms with E-state index >= 15 is 0 Å². The van der Waals surface area contributed by atoms with Gasteiger partial charge in [0.25, 0.3) is 0 Å². The summed E-state index contributed by atoms with van der Waals surface area (Å²) in [5.74, 6) is 1.66. The average Bonchev–Trinajstić information content (AvgIpc) is 3.49. The molecule has 2 saturated heterocycles. The van der Waals surface area contributed by atoms with Gasteiger partial charge >= 0.3 is 0 Å². The zero-order chi connectivity index (χ0) is 23.6. The molecule has 0 spiro atoms. The van der Waals surface area contributed by atoms with Gasteiger partial charge in [-0.1, -0.05) is 6.07 Å². The third kappa shape index (κ3) is 5.04. The maximum atomic E-state index is 5.81. The molecule has 2 aromatic heterocycles. The molecule has 3 fully saturated rings. The molecule has 3 aromatic rings. The Hall–Kier alpha value is -2.22. The maximum absolute atomic E-state index is 5.81. The number of thiazole rings is 1. The van der Waals surface area contributed by atoms with Crippen LogP contribution in [0.4, 0.5) is 5.69 Å². The fourth-order valence-corrected chi connectivity index (χ4v) is 6.89. The Morgan fingerprint density at radius 3 is 2.74 bits per heavy atom. The van der Waals surface area contributed by atoms with Crippen molar-refractivity contribution < 1.29 is 4.74 Å². The number of benzene rings is 1. The Kier molecular flexibility index (Phi) is 6.90. The van der Waals surface area contributed by atoms with Gasteiger partial charge in [0.15, 0.2) is 0 Å². The van der Waals surface area contributed by atoms with Gasteiger partial charge in [-0.05, 0) is 69.8 Å². The SMILES string of the molecule is COc1ccc2cccnc2c1N1CCCN(C(CCN2CCCC2)c2csc(C3CC3)n2)CC1. The minimum Gasteiger partial charge on any atom is -0.494 e. The third-order valence-corrected chi connectivity index (χ3v) is 8.97. The second-order valence-electron chi connectivity index (χ2n) is 10.3. The van der Waals surface area contributed by atoms with Crippen molar-refractivity contribution >= 4 is 27.9 Å². The lowest BCUT2D eigenvalue weighted by Crippen LogP contribution is -2.36. The van der Waals surface area contributed by atoms with E-state index in [1.165, 1.54) is 67.8 Å². The molecule has 7 heteroatoms. The lowest BCUT2D eigenvalue weighted by Gasteiger charge is -2.31. The topological polar surface area (TPSA) is 44.7 Å². The van der Waals surface area contributed by atoms with Crippen molar-refractivity contribution in [3.8, 4) is 5.75 Å². The summed E-state index contributed by atoms with van der Waals surface area (Å²) in [5, 5.41) is 4.90. The lowest BCUT2D eigenvalue weighted by atomic mass is 10.1. The summed E-state index contributed by atoms with van der Waals surface area (Å²) < 4.78 is 5.81. The fraction of sp³-hybridized carbons (Fsp3) is 0.571. The van der Waals surface area contributed by atoms with E-state index < -0.39 is 0 Å². The Balaban J connectivity index is 1.23. The van der Waals surface area contributed by atoms with E-state index in [0.29, 0.717) is 6.04 Å². The Labute approximate surface area is 212 Å². The minimum absolute atomic E-state index is 0.409. The van der Waals surface area contributed by atoms with Crippen LogP contribution in [0, 0.1) is 0 Å². The zero-order valence-electron chi connectivity index (χ0n) is 20.9. The Morgan fingerprint density at radius 1 is 1.03 bits per heavy atom. The van der Waals surface area contributed by atoms with Gasteiger partial charge in [0.2, 0.25) is 0 Å². The van der Waals surface area contributed by atoms with Crippen molar-refractivity contribution in [1.29, 1.82) is 0 Å². The molecule has 6 nitrogen and oxygen atoms in total.